The standard InChI is InChI=1S/C34H39N7O2/c1-34(2,3)43-33(42)38(7)21-29-18-36-32-31-17-24(23-8-10-26(35-4)11-9-23)19-40(31)20-25-16-27(12-13-30(25)41(29)32)39-15-14-28(22-39)37(5)6/h8-13,16-19,28H,14-15,20-22H2,1-3,5-7H3/t28-/m1/s1. The first-order chi connectivity index (χ1) is 20.5. The van der Waals surface area contributed by atoms with Crippen molar-refractivity contribution in [3.63, 3.8) is 0 Å². The van der Waals surface area contributed by atoms with E-state index in [4.69, 9.17) is 16.3 Å². The van der Waals surface area contributed by atoms with Gasteiger partial charge in [0.15, 0.2) is 11.5 Å². The van der Waals surface area contributed by atoms with Crippen molar-refractivity contribution < 1.29 is 9.53 Å². The number of benzene rings is 2. The number of hydrogen-bond donors (Lipinski definition) is 0. The highest BCUT2D eigenvalue weighted by atomic mass is 16.6. The number of likely N-dealkylation sites (N-methyl/N-ethyl adjacent to an activating group) is 1. The Morgan fingerprint density at radius 2 is 1.86 bits per heavy atom. The van der Waals surface area contributed by atoms with Crippen LogP contribution in [0.15, 0.2) is 60.9 Å². The molecule has 6 rings (SSSR count). The number of aromatic nitrogens is 3. The predicted molar refractivity (Wildman–Crippen MR) is 170 cm³/mol. The van der Waals surface area contributed by atoms with Gasteiger partial charge in [-0.15, -0.1) is 0 Å². The van der Waals surface area contributed by atoms with E-state index in [0.717, 1.165) is 53.5 Å². The fraction of sp³-hybridized carbons (Fsp3) is 0.382. The summed E-state index contributed by atoms with van der Waals surface area (Å²) in [6, 6.07) is 17.2. The van der Waals surface area contributed by atoms with Crippen molar-refractivity contribution in [2.75, 3.05) is 39.1 Å². The maximum absolute atomic E-state index is 12.9. The van der Waals surface area contributed by atoms with Gasteiger partial charge in [0, 0.05) is 50.2 Å². The fourth-order valence-electron chi connectivity index (χ4n) is 6.01. The van der Waals surface area contributed by atoms with Crippen molar-refractivity contribution in [1.29, 1.82) is 0 Å². The van der Waals surface area contributed by atoms with Crippen LogP contribution in [0.1, 0.15) is 38.4 Å². The van der Waals surface area contributed by atoms with Crippen molar-refractivity contribution in [1.82, 2.24) is 23.9 Å². The third-order valence-corrected chi connectivity index (χ3v) is 8.30. The summed E-state index contributed by atoms with van der Waals surface area (Å²) in [5.74, 6) is 0.831. The van der Waals surface area contributed by atoms with Crippen molar-refractivity contribution in [2.45, 2.75) is 51.9 Å². The molecule has 222 valence electrons. The highest BCUT2D eigenvalue weighted by molar-refractivity contribution is 5.74. The maximum atomic E-state index is 12.9. The van der Waals surface area contributed by atoms with Crippen LogP contribution in [-0.2, 0) is 17.8 Å². The molecule has 2 aromatic heterocycles. The number of hydrogen-bond acceptors (Lipinski definition) is 5. The summed E-state index contributed by atoms with van der Waals surface area (Å²) in [5.41, 5.74) is 7.56. The first kappa shape index (κ1) is 28.6. The van der Waals surface area contributed by atoms with Gasteiger partial charge in [0.25, 0.3) is 0 Å². The van der Waals surface area contributed by atoms with Gasteiger partial charge in [-0.25, -0.2) is 14.6 Å². The molecule has 4 aromatic rings. The zero-order valence-corrected chi connectivity index (χ0v) is 25.8. The molecule has 0 spiro atoms. The molecule has 0 radical (unpaired) electrons. The molecule has 2 aliphatic rings. The minimum atomic E-state index is -0.575. The summed E-state index contributed by atoms with van der Waals surface area (Å²) in [4.78, 5) is 27.7. The van der Waals surface area contributed by atoms with Gasteiger partial charge < -0.3 is 24.0 Å². The minimum absolute atomic E-state index is 0.353. The van der Waals surface area contributed by atoms with E-state index in [-0.39, 0.29) is 6.09 Å². The van der Waals surface area contributed by atoms with E-state index in [1.807, 2.05) is 51.2 Å². The molecule has 0 saturated carbocycles. The smallest absolute Gasteiger partial charge is 0.410 e. The number of amides is 1. The molecule has 1 amide bonds. The summed E-state index contributed by atoms with van der Waals surface area (Å²) in [7, 11) is 6.07. The lowest BCUT2D eigenvalue weighted by atomic mass is 10.1. The van der Waals surface area contributed by atoms with Gasteiger partial charge in [0.1, 0.15) is 5.60 Å². The average molecular weight is 578 g/mol. The number of nitrogens with zero attached hydrogens (tertiary/aromatic N) is 7. The molecular weight excluding hydrogens is 538 g/mol. The largest absolute Gasteiger partial charge is 0.444 e. The lowest BCUT2D eigenvalue weighted by Crippen LogP contribution is -2.34. The highest BCUT2D eigenvalue weighted by Gasteiger charge is 2.29. The first-order valence-corrected chi connectivity index (χ1v) is 14.7. The molecule has 0 unspecified atom stereocenters. The Bertz CT molecular complexity index is 1700. The molecule has 2 aromatic carbocycles. The van der Waals surface area contributed by atoms with Crippen LogP contribution in [0.25, 0.3) is 33.2 Å². The van der Waals surface area contributed by atoms with Gasteiger partial charge in [-0.1, -0.05) is 24.3 Å². The molecule has 9 nitrogen and oxygen atoms in total. The van der Waals surface area contributed by atoms with Crippen LogP contribution in [0.4, 0.5) is 16.2 Å². The molecular formula is C34H39N7O2. The number of ether oxygens (including phenoxy) is 1. The molecule has 1 fully saturated rings. The van der Waals surface area contributed by atoms with E-state index in [1.165, 1.54) is 11.3 Å². The zero-order valence-electron chi connectivity index (χ0n) is 25.8. The zero-order chi connectivity index (χ0) is 30.5. The Hall–Kier alpha value is -4.55. The van der Waals surface area contributed by atoms with Crippen LogP contribution in [0.5, 0.6) is 0 Å². The van der Waals surface area contributed by atoms with E-state index in [9.17, 15) is 4.79 Å². The monoisotopic (exact) mass is 577 g/mol. The summed E-state index contributed by atoms with van der Waals surface area (Å²) in [6.45, 7) is 16.0. The molecule has 1 saturated heterocycles. The van der Waals surface area contributed by atoms with E-state index in [0.29, 0.717) is 24.8 Å². The third-order valence-electron chi connectivity index (χ3n) is 8.30. The molecule has 43 heavy (non-hydrogen) atoms. The summed E-state index contributed by atoms with van der Waals surface area (Å²) < 4.78 is 10.1. The number of carbonyl (C=O) groups excluding carboxylic acids is 1. The second-order valence-corrected chi connectivity index (χ2v) is 12.8. The normalized spacial score (nSPS) is 15.9. The highest BCUT2D eigenvalue weighted by Crippen LogP contribution is 2.37. The van der Waals surface area contributed by atoms with Gasteiger partial charge in [0.05, 0.1) is 36.4 Å². The Balaban J connectivity index is 1.42. The second-order valence-electron chi connectivity index (χ2n) is 12.8. The number of imidazole rings is 1. The lowest BCUT2D eigenvalue weighted by Gasteiger charge is -2.25. The second kappa shape index (κ2) is 10.9. The molecule has 9 heteroatoms. The molecule has 0 bridgehead atoms. The van der Waals surface area contributed by atoms with Crippen LogP contribution in [0.2, 0.25) is 0 Å². The number of anilines is 1. The van der Waals surface area contributed by atoms with Gasteiger partial charge in [0.2, 0.25) is 0 Å². The van der Waals surface area contributed by atoms with E-state index >= 15 is 0 Å². The average Bonchev–Trinajstić information content (AvgIpc) is 3.70. The lowest BCUT2D eigenvalue weighted by molar-refractivity contribution is 0.0282. The molecule has 0 aliphatic carbocycles. The Morgan fingerprint density at radius 1 is 1.09 bits per heavy atom. The van der Waals surface area contributed by atoms with Crippen LogP contribution >= 0.6 is 0 Å². The molecule has 4 heterocycles. The van der Waals surface area contributed by atoms with Gasteiger partial charge in [-0.3, -0.25) is 4.57 Å². The molecule has 1 atom stereocenters. The summed E-state index contributed by atoms with van der Waals surface area (Å²) >= 11 is 0. The van der Waals surface area contributed by atoms with Crippen molar-refractivity contribution >= 4 is 17.5 Å². The van der Waals surface area contributed by atoms with Crippen LogP contribution in [0, 0.1) is 6.57 Å². The topological polar surface area (TPSA) is 63.1 Å². The van der Waals surface area contributed by atoms with Gasteiger partial charge >= 0.3 is 6.09 Å². The maximum Gasteiger partial charge on any atom is 0.410 e. The van der Waals surface area contributed by atoms with Crippen molar-refractivity contribution in [3.05, 3.63) is 83.6 Å². The minimum Gasteiger partial charge on any atom is -0.444 e. The van der Waals surface area contributed by atoms with E-state index < -0.39 is 5.60 Å². The van der Waals surface area contributed by atoms with Crippen LogP contribution < -0.4 is 4.90 Å². The summed E-state index contributed by atoms with van der Waals surface area (Å²) in [5, 5.41) is 0. The Labute approximate surface area is 253 Å². The molecule has 2 aliphatic heterocycles. The fourth-order valence-corrected chi connectivity index (χ4v) is 6.01. The van der Waals surface area contributed by atoms with Crippen LogP contribution in [0.3, 0.4) is 0 Å². The Kier molecular flexibility index (Phi) is 7.26. The number of rotatable bonds is 5. The van der Waals surface area contributed by atoms with Crippen LogP contribution in [-0.4, -0.2) is 75.9 Å². The van der Waals surface area contributed by atoms with E-state index in [1.54, 1.807) is 11.9 Å². The third kappa shape index (κ3) is 5.63. The number of carbonyl (C=O) groups is 1. The SMILES string of the molecule is [C-]#[N+]c1ccc(-c2cc3n(c2)Cc2cc(N4CC[C@@H](N(C)C)C4)ccc2-n2c(CN(C)C(=O)OC(C)(C)C)cnc2-3)cc1. The predicted octanol–water partition coefficient (Wildman–Crippen LogP) is 6.43. The molecule has 0 N–H and O–H groups in total. The van der Waals surface area contributed by atoms with E-state index in [2.05, 4.69) is 68.3 Å². The summed E-state index contributed by atoms with van der Waals surface area (Å²) in [6.07, 6.45) is 4.81. The van der Waals surface area contributed by atoms with Gasteiger partial charge in [-0.2, -0.15) is 0 Å². The number of fused-ring (bicyclic) bond motifs is 5. The van der Waals surface area contributed by atoms with Gasteiger partial charge in [-0.05, 0) is 76.7 Å². The first-order valence-electron chi connectivity index (χ1n) is 14.7. The van der Waals surface area contributed by atoms with Crippen molar-refractivity contribution in [3.8, 4) is 28.3 Å². The van der Waals surface area contributed by atoms with Crippen molar-refractivity contribution in [2.24, 2.45) is 0 Å². The quantitative estimate of drug-likeness (QED) is 0.225. The Morgan fingerprint density at radius 3 is 2.53 bits per heavy atom.